The molecule has 5 heteroatoms. The molecule has 4 rings (SSSR count). The van der Waals surface area contributed by atoms with E-state index >= 15 is 0 Å². The normalized spacial score (nSPS) is 20.9. The Kier molecular flexibility index (Phi) is 6.12. The summed E-state index contributed by atoms with van der Waals surface area (Å²) in [5.74, 6) is -0.389. The number of allylic oxidation sites excluding steroid dienone is 2. The number of rotatable bonds is 6. The number of benzene rings is 2. The molecule has 2 aliphatic rings. The number of carboxylic acid groups (broad SMARTS) is 1. The third kappa shape index (κ3) is 4.66. The zero-order valence-electron chi connectivity index (χ0n) is 18.0. The van der Waals surface area contributed by atoms with Crippen molar-refractivity contribution in [3.05, 3.63) is 71.3 Å². The molecule has 2 N–H and O–H groups in total. The molecule has 2 aromatic carbocycles. The van der Waals surface area contributed by atoms with Crippen LogP contribution in [0.2, 0.25) is 0 Å². The first-order valence-electron chi connectivity index (χ1n) is 10.9. The predicted octanol–water partition coefficient (Wildman–Crippen LogP) is 5.36. The fourth-order valence-corrected chi connectivity index (χ4v) is 5.20. The molecule has 162 valence electrons. The Morgan fingerprint density at radius 3 is 2.29 bits per heavy atom. The Balaban J connectivity index is 1.39. The number of amides is 1. The molecule has 0 bridgehead atoms. The fourth-order valence-electron chi connectivity index (χ4n) is 5.20. The molecule has 0 spiro atoms. The fraction of sp³-hybridized carbons (Fsp3) is 0.385. The van der Waals surface area contributed by atoms with E-state index in [4.69, 9.17) is 4.74 Å². The number of hydrogen-bond acceptors (Lipinski definition) is 3. The Morgan fingerprint density at radius 2 is 1.71 bits per heavy atom. The quantitative estimate of drug-likeness (QED) is 0.618. The van der Waals surface area contributed by atoms with Crippen LogP contribution in [0.3, 0.4) is 0 Å². The molecule has 3 unspecified atom stereocenters. The van der Waals surface area contributed by atoms with Gasteiger partial charge < -0.3 is 15.2 Å². The highest BCUT2D eigenvalue weighted by Gasteiger charge is 2.31. The number of aliphatic carboxylic acids is 1. The number of carbonyl (C=O) groups is 2. The third-order valence-electron chi connectivity index (χ3n) is 6.39. The molecule has 1 amide bonds. The Morgan fingerprint density at radius 1 is 1.10 bits per heavy atom. The summed E-state index contributed by atoms with van der Waals surface area (Å²) in [5, 5.41) is 12.2. The minimum Gasteiger partial charge on any atom is -0.480 e. The van der Waals surface area contributed by atoms with Crippen molar-refractivity contribution < 1.29 is 19.4 Å². The van der Waals surface area contributed by atoms with E-state index in [0.717, 1.165) is 35.1 Å². The van der Waals surface area contributed by atoms with Crippen molar-refractivity contribution in [1.82, 2.24) is 5.32 Å². The third-order valence-corrected chi connectivity index (χ3v) is 6.39. The first-order chi connectivity index (χ1) is 14.9. The Labute approximate surface area is 183 Å². The number of fused-ring (bicyclic) bond motifs is 3. The molecule has 2 aromatic rings. The van der Waals surface area contributed by atoms with E-state index in [9.17, 15) is 14.7 Å². The van der Waals surface area contributed by atoms with E-state index in [1.54, 1.807) is 0 Å². The topological polar surface area (TPSA) is 75.6 Å². The summed E-state index contributed by atoms with van der Waals surface area (Å²) in [5.41, 5.74) is 5.86. The number of carbonyl (C=O) groups excluding carboxylic acids is 1. The lowest BCUT2D eigenvalue weighted by Gasteiger charge is -2.27. The molecule has 0 radical (unpaired) electrons. The van der Waals surface area contributed by atoms with Crippen LogP contribution in [0.4, 0.5) is 4.79 Å². The van der Waals surface area contributed by atoms with Gasteiger partial charge in [-0.1, -0.05) is 67.1 Å². The summed E-state index contributed by atoms with van der Waals surface area (Å²) in [7, 11) is 0. The second-order valence-corrected chi connectivity index (χ2v) is 8.89. The molecular weight excluding hydrogens is 390 g/mol. The van der Waals surface area contributed by atoms with Crippen LogP contribution in [0.15, 0.2) is 60.2 Å². The summed E-state index contributed by atoms with van der Waals surface area (Å²) < 4.78 is 5.53. The zero-order chi connectivity index (χ0) is 22.0. The maximum atomic E-state index is 12.5. The summed E-state index contributed by atoms with van der Waals surface area (Å²) in [4.78, 5) is 24.3. The van der Waals surface area contributed by atoms with Crippen LogP contribution in [-0.4, -0.2) is 29.8 Å². The molecule has 0 saturated carbocycles. The van der Waals surface area contributed by atoms with Crippen LogP contribution in [0.5, 0.6) is 0 Å². The van der Waals surface area contributed by atoms with Crippen LogP contribution < -0.4 is 5.32 Å². The van der Waals surface area contributed by atoms with E-state index < -0.39 is 18.1 Å². The summed E-state index contributed by atoms with van der Waals surface area (Å²) in [6.07, 6.45) is 3.79. The van der Waals surface area contributed by atoms with Gasteiger partial charge in [0, 0.05) is 5.92 Å². The van der Waals surface area contributed by atoms with Gasteiger partial charge in [-0.3, -0.25) is 0 Å². The first kappa shape index (κ1) is 21.2. The molecule has 0 fully saturated rings. The average molecular weight is 420 g/mol. The second kappa shape index (κ2) is 8.96. The molecule has 5 nitrogen and oxygen atoms in total. The summed E-state index contributed by atoms with van der Waals surface area (Å²) in [6, 6.07) is 15.3. The molecule has 0 aromatic heterocycles. The van der Waals surface area contributed by atoms with Gasteiger partial charge >= 0.3 is 12.1 Å². The molecule has 0 aliphatic heterocycles. The van der Waals surface area contributed by atoms with Gasteiger partial charge in [-0.15, -0.1) is 0 Å². The minimum absolute atomic E-state index is 0.0478. The van der Waals surface area contributed by atoms with Gasteiger partial charge in [-0.05, 0) is 60.3 Å². The minimum atomic E-state index is -1.02. The van der Waals surface area contributed by atoms with Crippen LogP contribution in [0, 0.1) is 11.8 Å². The molecule has 0 saturated heterocycles. The molecule has 2 aliphatic carbocycles. The largest absolute Gasteiger partial charge is 0.480 e. The van der Waals surface area contributed by atoms with Gasteiger partial charge in [-0.25, -0.2) is 9.59 Å². The first-order valence-corrected chi connectivity index (χ1v) is 10.9. The van der Waals surface area contributed by atoms with Crippen molar-refractivity contribution in [3.63, 3.8) is 0 Å². The number of carboxylic acids is 1. The number of nitrogens with one attached hydrogen (secondary N) is 1. The van der Waals surface area contributed by atoms with Crippen molar-refractivity contribution in [2.75, 3.05) is 6.61 Å². The molecule has 31 heavy (non-hydrogen) atoms. The lowest BCUT2D eigenvalue weighted by atomic mass is 9.80. The van der Waals surface area contributed by atoms with Crippen molar-refractivity contribution in [2.24, 2.45) is 11.8 Å². The maximum Gasteiger partial charge on any atom is 0.407 e. The molecule has 0 heterocycles. The van der Waals surface area contributed by atoms with Gasteiger partial charge in [-0.2, -0.15) is 0 Å². The highest BCUT2D eigenvalue weighted by Crippen LogP contribution is 2.44. The van der Waals surface area contributed by atoms with Crippen molar-refractivity contribution >= 4 is 12.1 Å². The standard InChI is InChI=1S/C26H29NO4/c1-16-11-17(2)13-18(12-16)14-24(25(28)29)27-26(30)31-15-23-21-9-5-3-7-19(21)20-8-4-6-10-22(20)23/h3-11,16,18,23-24H,12-15H2,1-2H3,(H,27,30)(H,28,29). The van der Waals surface area contributed by atoms with Crippen molar-refractivity contribution in [1.29, 1.82) is 0 Å². The highest BCUT2D eigenvalue weighted by atomic mass is 16.5. The maximum absolute atomic E-state index is 12.5. The lowest BCUT2D eigenvalue weighted by Crippen LogP contribution is -2.43. The van der Waals surface area contributed by atoms with E-state index in [2.05, 4.69) is 49.5 Å². The zero-order valence-corrected chi connectivity index (χ0v) is 18.0. The van der Waals surface area contributed by atoms with Crippen LogP contribution >= 0.6 is 0 Å². The smallest absolute Gasteiger partial charge is 0.407 e. The van der Waals surface area contributed by atoms with Gasteiger partial charge in [0.1, 0.15) is 12.6 Å². The summed E-state index contributed by atoms with van der Waals surface area (Å²) in [6.45, 7) is 4.40. The molecular formula is C26H29NO4. The van der Waals surface area contributed by atoms with Crippen molar-refractivity contribution in [2.45, 2.75) is 45.1 Å². The van der Waals surface area contributed by atoms with Gasteiger partial charge in [0.05, 0.1) is 0 Å². The predicted molar refractivity (Wildman–Crippen MR) is 120 cm³/mol. The van der Waals surface area contributed by atoms with Gasteiger partial charge in [0.15, 0.2) is 0 Å². The van der Waals surface area contributed by atoms with Crippen molar-refractivity contribution in [3.8, 4) is 11.1 Å². The van der Waals surface area contributed by atoms with E-state index in [1.807, 2.05) is 24.3 Å². The second-order valence-electron chi connectivity index (χ2n) is 8.89. The van der Waals surface area contributed by atoms with Crippen LogP contribution in [-0.2, 0) is 9.53 Å². The molecule has 3 atom stereocenters. The van der Waals surface area contributed by atoms with E-state index in [0.29, 0.717) is 12.3 Å². The van der Waals surface area contributed by atoms with Gasteiger partial charge in [0.25, 0.3) is 0 Å². The van der Waals surface area contributed by atoms with Crippen LogP contribution in [0.25, 0.3) is 11.1 Å². The SMILES string of the molecule is CC1=CC(C)CC(CC(NC(=O)OCC2c3ccccc3-c3ccccc32)C(=O)O)C1. The van der Waals surface area contributed by atoms with Crippen LogP contribution in [0.1, 0.15) is 50.2 Å². The van der Waals surface area contributed by atoms with Gasteiger partial charge in [0.2, 0.25) is 0 Å². The average Bonchev–Trinajstić information content (AvgIpc) is 3.05. The number of ether oxygens (including phenoxy) is 1. The van der Waals surface area contributed by atoms with E-state index in [1.165, 1.54) is 5.57 Å². The summed E-state index contributed by atoms with van der Waals surface area (Å²) >= 11 is 0. The Hall–Kier alpha value is -3.08. The highest BCUT2D eigenvalue weighted by molar-refractivity contribution is 5.81. The lowest BCUT2D eigenvalue weighted by molar-refractivity contribution is -0.139. The monoisotopic (exact) mass is 419 g/mol. The number of hydrogen-bond donors (Lipinski definition) is 2. The number of alkyl carbamates (subject to hydrolysis) is 1. The van der Waals surface area contributed by atoms with E-state index in [-0.39, 0.29) is 18.4 Å². The Bertz CT molecular complexity index is 966.